The lowest BCUT2D eigenvalue weighted by atomic mass is 9.81. The summed E-state index contributed by atoms with van der Waals surface area (Å²) in [7, 11) is -3.70. The van der Waals surface area contributed by atoms with E-state index in [9.17, 15) is 47.6 Å². The molecule has 2 aromatic carbocycles. The van der Waals surface area contributed by atoms with Gasteiger partial charge in [-0.1, -0.05) is 32.0 Å². The molecule has 15 heteroatoms. The van der Waals surface area contributed by atoms with Crippen LogP contribution in [0.4, 0.5) is 5.69 Å². The summed E-state index contributed by atoms with van der Waals surface area (Å²) in [6, 6.07) is 11.6. The minimum atomic E-state index is -3.70. The monoisotopic (exact) mass is 650 g/mol. The van der Waals surface area contributed by atoms with Gasteiger partial charge < -0.3 is 10.4 Å². The number of amides is 1. The molecular weight excluding hydrogens is 620 g/mol. The van der Waals surface area contributed by atoms with Gasteiger partial charge in [0, 0.05) is 30.6 Å². The second-order valence-corrected chi connectivity index (χ2v) is 13.4. The predicted octanol–water partition coefficient (Wildman–Crippen LogP) is 3.34. The van der Waals surface area contributed by atoms with Crippen molar-refractivity contribution in [2.75, 3.05) is 6.26 Å². The fourth-order valence-electron chi connectivity index (χ4n) is 4.96. The Morgan fingerprint density at radius 2 is 1.67 bits per heavy atom. The van der Waals surface area contributed by atoms with Crippen LogP contribution in [0.2, 0.25) is 0 Å². The molecule has 0 saturated heterocycles. The third-order valence-electron chi connectivity index (χ3n) is 7.95. The first-order valence-corrected chi connectivity index (χ1v) is 16.0. The Morgan fingerprint density at radius 3 is 2.22 bits per heavy atom. The van der Waals surface area contributed by atoms with Crippen LogP contribution < -0.4 is 5.32 Å². The van der Waals surface area contributed by atoms with E-state index in [0.29, 0.717) is 11.9 Å². The van der Waals surface area contributed by atoms with Gasteiger partial charge in [-0.15, -0.1) is 0 Å². The van der Waals surface area contributed by atoms with E-state index in [1.54, 1.807) is 25.1 Å². The van der Waals surface area contributed by atoms with Crippen LogP contribution in [0.1, 0.15) is 66.4 Å². The average molecular weight is 651 g/mol. The molecule has 1 fully saturated rings. The van der Waals surface area contributed by atoms with Gasteiger partial charge in [0.1, 0.15) is 17.2 Å². The van der Waals surface area contributed by atoms with Crippen molar-refractivity contribution in [3.8, 4) is 0 Å². The predicted molar refractivity (Wildman–Crippen MR) is 165 cm³/mol. The number of hydrogen-bond donors (Lipinski definition) is 2. The number of amidine groups is 1. The van der Waals surface area contributed by atoms with Gasteiger partial charge in [-0.3, -0.25) is 29.3 Å². The zero-order valence-electron chi connectivity index (χ0n) is 25.3. The molecular formula is C31H30N4O10S. The number of hydrogen-bond acceptors (Lipinski definition) is 11. The Hall–Kier alpha value is -5.18. The zero-order valence-corrected chi connectivity index (χ0v) is 26.1. The lowest BCUT2D eigenvalue weighted by molar-refractivity contribution is -0.385. The Labute approximate surface area is 263 Å². The quantitative estimate of drug-likeness (QED) is 0.163. The minimum Gasteiger partial charge on any atom is -0.478 e. The molecule has 46 heavy (non-hydrogen) atoms. The highest BCUT2D eigenvalue weighted by molar-refractivity contribution is 7.90. The van der Waals surface area contributed by atoms with E-state index in [1.165, 1.54) is 0 Å². The minimum absolute atomic E-state index is 0.0197. The van der Waals surface area contributed by atoms with Gasteiger partial charge in [0.2, 0.25) is 0 Å². The molecule has 1 amide bonds. The van der Waals surface area contributed by atoms with E-state index in [0.717, 1.165) is 29.8 Å². The number of carbonyl (C=O) groups excluding carboxylic acids is 4. The number of Topliss-reactive ketones (excluding diaryl/α,β-unsaturated/α-hetero) is 3. The second-order valence-electron chi connectivity index (χ2n) is 11.4. The van der Waals surface area contributed by atoms with Crippen LogP contribution in [-0.4, -0.2) is 70.3 Å². The SMILES string of the molecule is CC(C)C1(C)N=C(c2nc3ccccc3cc2C(=O)O)NC1=O.CS(=O)(=O)c1ccc(C(=O)C2C(=O)CCCC2=O)c([N+](=O)[O-])c1. The largest absolute Gasteiger partial charge is 0.478 e. The average Bonchev–Trinajstić information content (AvgIpc) is 3.30. The molecule has 3 aromatic rings. The molecule has 1 aromatic heterocycles. The molecule has 1 atom stereocenters. The molecule has 0 radical (unpaired) electrons. The first-order valence-electron chi connectivity index (χ1n) is 14.1. The number of nitro groups is 1. The van der Waals surface area contributed by atoms with E-state index < -0.39 is 60.8 Å². The van der Waals surface area contributed by atoms with Crippen molar-refractivity contribution in [3.63, 3.8) is 0 Å². The summed E-state index contributed by atoms with van der Waals surface area (Å²) in [5.41, 5.74) is -1.22. The maximum atomic E-state index is 12.4. The van der Waals surface area contributed by atoms with Crippen molar-refractivity contribution in [1.82, 2.24) is 10.3 Å². The number of aliphatic imine (C=N–C) groups is 1. The molecule has 1 unspecified atom stereocenters. The van der Waals surface area contributed by atoms with Crippen molar-refractivity contribution in [2.24, 2.45) is 16.8 Å². The van der Waals surface area contributed by atoms with Crippen molar-refractivity contribution in [2.45, 2.75) is 50.5 Å². The van der Waals surface area contributed by atoms with Crippen LogP contribution in [0.3, 0.4) is 0 Å². The fourth-order valence-corrected chi connectivity index (χ4v) is 5.60. The van der Waals surface area contributed by atoms with Gasteiger partial charge >= 0.3 is 5.97 Å². The van der Waals surface area contributed by atoms with Crippen molar-refractivity contribution in [1.29, 1.82) is 0 Å². The highest BCUT2D eigenvalue weighted by Gasteiger charge is 2.43. The number of fused-ring (bicyclic) bond motifs is 1. The number of para-hydroxylation sites is 1. The van der Waals surface area contributed by atoms with Crippen LogP contribution >= 0.6 is 0 Å². The van der Waals surface area contributed by atoms with E-state index in [2.05, 4.69) is 15.3 Å². The van der Waals surface area contributed by atoms with Crippen LogP contribution in [0.15, 0.2) is 58.4 Å². The number of sulfone groups is 1. The van der Waals surface area contributed by atoms with Gasteiger partial charge in [0.05, 0.1) is 26.5 Å². The van der Waals surface area contributed by atoms with Gasteiger partial charge in [-0.2, -0.15) is 0 Å². The number of carbonyl (C=O) groups is 5. The van der Waals surface area contributed by atoms with Crippen molar-refractivity contribution < 1.29 is 42.4 Å². The first kappa shape index (κ1) is 33.7. The number of nitro benzene ring substituents is 1. The molecule has 240 valence electrons. The van der Waals surface area contributed by atoms with E-state index >= 15 is 0 Å². The zero-order chi connectivity index (χ0) is 34.1. The summed E-state index contributed by atoms with van der Waals surface area (Å²) in [6.45, 7) is 5.54. The number of aromatic nitrogens is 1. The van der Waals surface area contributed by atoms with Gasteiger partial charge in [-0.25, -0.2) is 23.2 Å². The Bertz CT molecular complexity index is 1950. The van der Waals surface area contributed by atoms with Crippen molar-refractivity contribution in [3.05, 3.63) is 75.5 Å². The molecule has 14 nitrogen and oxygen atoms in total. The smallest absolute Gasteiger partial charge is 0.338 e. The van der Waals surface area contributed by atoms with Crippen LogP contribution in [0.5, 0.6) is 0 Å². The maximum absolute atomic E-state index is 12.4. The summed E-state index contributed by atoms with van der Waals surface area (Å²) in [4.78, 5) is 78.7. The number of rotatable bonds is 7. The number of carboxylic acid groups (broad SMARTS) is 1. The molecule has 2 N–H and O–H groups in total. The number of nitrogens with zero attached hydrogens (tertiary/aromatic N) is 3. The van der Waals surface area contributed by atoms with E-state index in [1.807, 2.05) is 26.0 Å². The molecule has 0 bridgehead atoms. The lowest BCUT2D eigenvalue weighted by Crippen LogP contribution is -2.41. The number of nitrogens with one attached hydrogen (secondary N) is 1. The van der Waals surface area contributed by atoms with Crippen molar-refractivity contribution >= 4 is 61.5 Å². The summed E-state index contributed by atoms with van der Waals surface area (Å²) >= 11 is 0. The first-order chi connectivity index (χ1) is 21.5. The third-order valence-corrected chi connectivity index (χ3v) is 9.06. The number of benzene rings is 2. The Kier molecular flexibility index (Phi) is 9.28. The van der Waals surface area contributed by atoms with E-state index in [4.69, 9.17) is 0 Å². The highest BCUT2D eigenvalue weighted by atomic mass is 32.2. The van der Waals surface area contributed by atoms with Crippen LogP contribution in [0.25, 0.3) is 10.9 Å². The number of carboxylic acids is 1. The Morgan fingerprint density at radius 1 is 1.04 bits per heavy atom. The third kappa shape index (κ3) is 6.59. The molecule has 2 heterocycles. The fraction of sp³-hybridized carbons (Fsp3) is 0.323. The summed E-state index contributed by atoms with van der Waals surface area (Å²) in [6.07, 6.45) is 1.37. The second kappa shape index (κ2) is 12.7. The molecule has 0 spiro atoms. The normalized spacial score (nSPS) is 18.5. The molecule has 5 rings (SSSR count). The molecule has 1 aliphatic carbocycles. The standard InChI is InChI=1S/C17H17N3O3.C14H13NO7S/c1-9(2)17(3)16(23)19-14(20-17)13-11(15(21)22)8-10-6-4-5-7-12(10)18-13;1-23(21,22)8-5-6-9(10(7-8)15(19)20)14(18)13-11(16)3-2-4-12(13)17/h4-9H,1-3H3,(H,21,22)(H,19,20,23);5-7,13H,2-4H2,1H3. The lowest BCUT2D eigenvalue weighted by Gasteiger charge is -2.21. The van der Waals surface area contributed by atoms with E-state index in [-0.39, 0.29) is 46.7 Å². The number of aromatic carboxylic acids is 1. The molecule has 1 aliphatic heterocycles. The number of ketones is 3. The molecule has 2 aliphatic rings. The summed E-state index contributed by atoms with van der Waals surface area (Å²) in [5.74, 6) is -4.76. The summed E-state index contributed by atoms with van der Waals surface area (Å²) < 4.78 is 23.0. The van der Waals surface area contributed by atoms with Gasteiger partial charge in [-0.05, 0) is 43.5 Å². The van der Waals surface area contributed by atoms with Crippen LogP contribution in [0, 0.1) is 22.0 Å². The van der Waals surface area contributed by atoms with Crippen LogP contribution in [-0.2, 0) is 24.2 Å². The van der Waals surface area contributed by atoms with Gasteiger partial charge in [0.15, 0.2) is 33.0 Å². The topological polar surface area (TPSA) is 220 Å². The number of pyridine rings is 1. The van der Waals surface area contributed by atoms with Gasteiger partial charge in [0.25, 0.3) is 11.6 Å². The Balaban J connectivity index is 0.000000209. The highest BCUT2D eigenvalue weighted by Crippen LogP contribution is 2.30. The maximum Gasteiger partial charge on any atom is 0.338 e. The summed E-state index contributed by atoms with van der Waals surface area (Å²) in [5, 5.41) is 24.0. The molecule has 1 saturated carbocycles.